The van der Waals surface area contributed by atoms with Crippen LogP contribution in [0.5, 0.6) is 0 Å². The van der Waals surface area contributed by atoms with Crippen LogP contribution in [0, 0.1) is 11.8 Å². The molecule has 44 heavy (non-hydrogen) atoms. The Balaban J connectivity index is 1.53. The molecule has 4 rings (SSSR count). The zero-order chi connectivity index (χ0) is 31.9. The van der Waals surface area contributed by atoms with E-state index < -0.39 is 30.7 Å². The van der Waals surface area contributed by atoms with E-state index in [4.69, 9.17) is 10.6 Å². The number of halogens is 5. The van der Waals surface area contributed by atoms with Crippen molar-refractivity contribution < 1.29 is 31.5 Å². The van der Waals surface area contributed by atoms with E-state index in [9.17, 15) is 26.7 Å². The van der Waals surface area contributed by atoms with Gasteiger partial charge in [0.25, 0.3) is 5.91 Å². The van der Waals surface area contributed by atoms with Gasteiger partial charge >= 0.3 is 6.18 Å². The maximum atomic E-state index is 14.0. The molecule has 0 bridgehead atoms. The molecule has 1 saturated carbocycles. The number of amidine groups is 1. The number of nitrogens with zero attached hydrogens (tertiary/aromatic N) is 5. The number of anilines is 1. The monoisotopic (exact) mass is 632 g/mol. The highest BCUT2D eigenvalue weighted by Gasteiger charge is 2.38. The number of carbonyl (C=O) groups excluding carboxylic acids is 1. The van der Waals surface area contributed by atoms with E-state index in [-0.39, 0.29) is 61.8 Å². The summed E-state index contributed by atoms with van der Waals surface area (Å²) < 4.78 is 75.7. The number of rotatable bonds is 12. The average molecular weight is 633 g/mol. The van der Waals surface area contributed by atoms with E-state index in [1.54, 1.807) is 16.9 Å². The Morgan fingerprint density at radius 3 is 2.50 bits per heavy atom. The molecule has 1 aliphatic carbocycles. The number of nitrogens with two attached hydrogens (primary N) is 1. The summed E-state index contributed by atoms with van der Waals surface area (Å²) in [6.45, 7) is 3.48. The van der Waals surface area contributed by atoms with E-state index in [0.717, 1.165) is 0 Å². The molecule has 1 saturated heterocycles. The Morgan fingerprint density at radius 2 is 1.86 bits per heavy atom. The number of aliphatic imine (C=N–C) groups is 1. The van der Waals surface area contributed by atoms with Crippen molar-refractivity contribution in [1.82, 2.24) is 35.8 Å². The number of amides is 1. The number of alkyl halides is 5. The van der Waals surface area contributed by atoms with Gasteiger partial charge in [0, 0.05) is 57.1 Å². The average Bonchev–Trinajstić information content (AvgIpc) is 3.65. The van der Waals surface area contributed by atoms with Crippen molar-refractivity contribution in [3.05, 3.63) is 30.4 Å². The molecule has 0 radical (unpaired) electrons. The third-order valence-electron chi connectivity index (χ3n) is 8.07. The van der Waals surface area contributed by atoms with Gasteiger partial charge in [-0.25, -0.2) is 8.78 Å². The quantitative estimate of drug-likeness (QED) is 0.0784. The predicted molar refractivity (Wildman–Crippen MR) is 153 cm³/mol. The maximum absolute atomic E-state index is 14.0. The molecule has 1 unspecified atom stereocenters. The van der Waals surface area contributed by atoms with Gasteiger partial charge in [0.2, 0.25) is 5.92 Å². The van der Waals surface area contributed by atoms with Crippen molar-refractivity contribution in [3.8, 4) is 0 Å². The fourth-order valence-electron chi connectivity index (χ4n) is 5.81. The van der Waals surface area contributed by atoms with Crippen LogP contribution in [0.3, 0.4) is 0 Å². The minimum absolute atomic E-state index is 0.0265. The minimum atomic E-state index is -4.52. The highest BCUT2D eigenvalue weighted by Crippen LogP contribution is 2.38. The van der Waals surface area contributed by atoms with E-state index in [1.807, 2.05) is 13.8 Å². The van der Waals surface area contributed by atoms with Crippen LogP contribution in [0.25, 0.3) is 0 Å². The van der Waals surface area contributed by atoms with Gasteiger partial charge in [0.1, 0.15) is 24.1 Å². The van der Waals surface area contributed by atoms with E-state index >= 15 is 0 Å². The first-order valence-electron chi connectivity index (χ1n) is 14.8. The number of nitrogens with one attached hydrogen (secondary N) is 4. The summed E-state index contributed by atoms with van der Waals surface area (Å²) >= 11 is 0. The van der Waals surface area contributed by atoms with Crippen LogP contribution >= 0.6 is 0 Å². The van der Waals surface area contributed by atoms with Gasteiger partial charge in [-0.05, 0) is 57.4 Å². The lowest BCUT2D eigenvalue weighted by molar-refractivity contribution is -0.118. The van der Waals surface area contributed by atoms with Crippen LogP contribution < -0.4 is 27.4 Å². The Hall–Kier alpha value is -3.31. The molecular weight excluding hydrogens is 591 g/mol. The summed E-state index contributed by atoms with van der Waals surface area (Å²) in [4.78, 5) is 17.0. The highest BCUT2D eigenvalue weighted by molar-refractivity contribution is 5.92. The lowest BCUT2D eigenvalue weighted by Gasteiger charge is -2.34. The van der Waals surface area contributed by atoms with Crippen LogP contribution in [0.2, 0.25) is 0 Å². The zero-order valence-corrected chi connectivity index (χ0v) is 24.8. The van der Waals surface area contributed by atoms with Crippen LogP contribution in [-0.4, -0.2) is 75.7 Å². The van der Waals surface area contributed by atoms with Gasteiger partial charge in [-0.2, -0.15) is 28.9 Å². The Morgan fingerprint density at radius 1 is 1.16 bits per heavy atom. The number of ether oxygens (including phenoxy) is 1. The number of hydrogen-bond donors (Lipinski definition) is 5. The predicted octanol–water partition coefficient (Wildman–Crippen LogP) is 3.59. The first kappa shape index (κ1) is 33.6. The summed E-state index contributed by atoms with van der Waals surface area (Å²) in [5.41, 5.74) is 5.63. The normalized spacial score (nSPS) is 20.0. The molecule has 6 N–H and O–H groups in total. The summed E-state index contributed by atoms with van der Waals surface area (Å²) in [7, 11) is 0. The van der Waals surface area contributed by atoms with Gasteiger partial charge in [-0.3, -0.25) is 30.4 Å². The zero-order valence-electron chi connectivity index (χ0n) is 24.8. The van der Waals surface area contributed by atoms with Crippen molar-refractivity contribution >= 4 is 17.4 Å². The molecule has 3 heterocycles. The SMILES string of the molecule is CC(C)n1nccc1C(=O)N[C@H](CNc1cnn(C(C(=NCC(F)(F)F)NNN)C2CCOCC2)c1)C1CCC(F)(F)CC1. The maximum Gasteiger partial charge on any atom is 0.408 e. The first-order valence-corrected chi connectivity index (χ1v) is 14.8. The minimum Gasteiger partial charge on any atom is -0.381 e. The number of aromatic nitrogens is 4. The topological polar surface area (TPSA) is 148 Å². The molecule has 0 aromatic carbocycles. The number of hydrogen-bond acceptors (Lipinski definition) is 8. The fourth-order valence-corrected chi connectivity index (χ4v) is 5.81. The van der Waals surface area contributed by atoms with Crippen molar-refractivity contribution in [2.45, 2.75) is 82.6 Å². The molecule has 17 heteroatoms. The second-order valence-electron chi connectivity index (χ2n) is 11.6. The Labute approximate surface area is 252 Å². The standard InChI is InChI=1S/C27H41F5N10O2/c1-17(2)42-22(5-10-36-42)25(43)38-21(18-3-8-26(28,29)9-4-18)14-34-20-13-37-41(15-20)23(19-6-11-44-12-7-19)24(39-40-33)35-16-27(30,31)32/h5,10,13,15,17-19,21,23,34,40H,3-4,6-9,11-12,14,16,33H2,1-2H3,(H,35,39)(H,38,43)/t21-,23?/m1/s1. The van der Waals surface area contributed by atoms with Crippen LogP contribution in [0.4, 0.5) is 27.6 Å². The third kappa shape index (κ3) is 9.11. The van der Waals surface area contributed by atoms with Crippen molar-refractivity contribution in [2.75, 3.05) is 31.6 Å². The molecule has 0 spiro atoms. The Kier molecular flexibility index (Phi) is 11.2. The van der Waals surface area contributed by atoms with Crippen LogP contribution in [-0.2, 0) is 4.74 Å². The van der Waals surface area contributed by atoms with Crippen LogP contribution in [0.1, 0.15) is 74.9 Å². The Bertz CT molecular complexity index is 1230. The molecule has 1 aliphatic heterocycles. The van der Waals surface area contributed by atoms with Gasteiger partial charge in [-0.1, -0.05) is 0 Å². The molecule has 2 atom stereocenters. The van der Waals surface area contributed by atoms with E-state index in [2.05, 4.69) is 36.8 Å². The van der Waals surface area contributed by atoms with Crippen molar-refractivity contribution in [1.29, 1.82) is 0 Å². The smallest absolute Gasteiger partial charge is 0.381 e. The first-order chi connectivity index (χ1) is 20.9. The van der Waals surface area contributed by atoms with Gasteiger partial charge in [0.05, 0.1) is 11.9 Å². The lowest BCUT2D eigenvalue weighted by Crippen LogP contribution is -2.48. The van der Waals surface area contributed by atoms with Gasteiger partial charge in [-0.15, -0.1) is 0 Å². The molecule has 246 valence electrons. The van der Waals surface area contributed by atoms with Gasteiger partial charge < -0.3 is 15.4 Å². The molecule has 2 aliphatic rings. The highest BCUT2D eigenvalue weighted by atomic mass is 19.4. The summed E-state index contributed by atoms with van der Waals surface area (Å²) in [5.74, 6) is 1.95. The molecule has 2 aromatic heterocycles. The fraction of sp³-hybridized carbons (Fsp3) is 0.704. The van der Waals surface area contributed by atoms with Gasteiger partial charge in [0.15, 0.2) is 0 Å². The van der Waals surface area contributed by atoms with Crippen molar-refractivity contribution in [3.63, 3.8) is 0 Å². The molecular formula is C27H41F5N10O2. The summed E-state index contributed by atoms with van der Waals surface area (Å²) in [6, 6.07) is 0.354. The summed E-state index contributed by atoms with van der Waals surface area (Å²) in [6.07, 6.45) is 1.27. The van der Waals surface area contributed by atoms with E-state index in [1.165, 1.54) is 17.1 Å². The number of hydrazine groups is 2. The second kappa shape index (κ2) is 14.6. The summed E-state index contributed by atoms with van der Waals surface area (Å²) in [5, 5.41) is 14.9. The van der Waals surface area contributed by atoms with Crippen molar-refractivity contribution in [2.24, 2.45) is 22.7 Å². The third-order valence-corrected chi connectivity index (χ3v) is 8.07. The molecule has 2 aromatic rings. The number of carbonyl (C=O) groups is 1. The second-order valence-corrected chi connectivity index (χ2v) is 11.6. The van der Waals surface area contributed by atoms with E-state index in [0.29, 0.717) is 37.4 Å². The molecule has 1 amide bonds. The van der Waals surface area contributed by atoms with Crippen LogP contribution in [0.15, 0.2) is 29.6 Å². The largest absolute Gasteiger partial charge is 0.408 e. The molecule has 12 nitrogen and oxygen atoms in total. The lowest BCUT2D eigenvalue weighted by atomic mass is 9.82. The molecule has 2 fully saturated rings.